The Balaban J connectivity index is 1.97. The average Bonchev–Trinajstić information content (AvgIpc) is 2.62. The molecule has 2 rings (SSSR count). The lowest BCUT2D eigenvalue weighted by Gasteiger charge is -2.33. The molecule has 1 unspecified atom stereocenters. The molecule has 0 saturated carbocycles. The first-order valence-corrected chi connectivity index (χ1v) is 9.45. The van der Waals surface area contributed by atoms with Crippen molar-refractivity contribution in [3.63, 3.8) is 0 Å². The molecule has 1 aromatic rings. The van der Waals surface area contributed by atoms with E-state index in [4.69, 9.17) is 4.74 Å². The molecule has 7 nitrogen and oxygen atoms in total. The minimum absolute atomic E-state index is 0.0493. The van der Waals surface area contributed by atoms with Crippen molar-refractivity contribution < 1.29 is 19.1 Å². The molecule has 148 valence electrons. The number of carbonyl (C=O) groups is 3. The first-order chi connectivity index (χ1) is 12.9. The van der Waals surface area contributed by atoms with E-state index in [-0.39, 0.29) is 24.8 Å². The molecule has 0 radical (unpaired) electrons. The van der Waals surface area contributed by atoms with Crippen molar-refractivity contribution in [2.45, 2.75) is 46.1 Å². The molecule has 0 aliphatic carbocycles. The number of amides is 2. The summed E-state index contributed by atoms with van der Waals surface area (Å²) in [5.41, 5.74) is 2.87. The normalized spacial score (nSPS) is 17.3. The predicted octanol–water partition coefficient (Wildman–Crippen LogP) is 1.78. The summed E-state index contributed by atoms with van der Waals surface area (Å²) in [6.45, 7) is 7.33. The van der Waals surface area contributed by atoms with Gasteiger partial charge in [-0.05, 0) is 37.5 Å². The molecule has 27 heavy (non-hydrogen) atoms. The van der Waals surface area contributed by atoms with Crippen LogP contribution in [0.15, 0.2) is 18.2 Å². The van der Waals surface area contributed by atoms with Gasteiger partial charge in [0.05, 0.1) is 19.6 Å². The number of hydrogen-bond acceptors (Lipinski definition) is 5. The second-order valence-corrected chi connectivity index (χ2v) is 6.85. The Labute approximate surface area is 160 Å². The fourth-order valence-electron chi connectivity index (χ4n) is 2.98. The molecule has 1 atom stereocenters. The van der Waals surface area contributed by atoms with Crippen LogP contribution in [0.1, 0.15) is 37.3 Å². The number of hydrogen-bond donors (Lipinski definition) is 2. The maximum Gasteiger partial charge on any atom is 0.307 e. The second-order valence-electron chi connectivity index (χ2n) is 6.85. The number of carbonyl (C=O) groups excluding carboxylic acids is 3. The molecule has 0 aromatic heterocycles. The van der Waals surface area contributed by atoms with Crippen LogP contribution in [0.4, 0.5) is 5.69 Å². The molecule has 0 bridgehead atoms. The monoisotopic (exact) mass is 375 g/mol. The summed E-state index contributed by atoms with van der Waals surface area (Å²) >= 11 is 0. The summed E-state index contributed by atoms with van der Waals surface area (Å²) in [7, 11) is 0. The Bertz CT molecular complexity index is 690. The van der Waals surface area contributed by atoms with E-state index in [0.717, 1.165) is 29.7 Å². The van der Waals surface area contributed by atoms with E-state index >= 15 is 0 Å². The molecule has 1 saturated heterocycles. The number of aryl methyl sites for hydroxylation is 1. The summed E-state index contributed by atoms with van der Waals surface area (Å²) in [6, 6.07) is 5.05. The lowest BCUT2D eigenvalue weighted by Crippen LogP contribution is -2.57. The summed E-state index contributed by atoms with van der Waals surface area (Å²) in [5, 5.41) is 5.65. The van der Waals surface area contributed by atoms with Crippen LogP contribution in [0.2, 0.25) is 0 Å². The highest BCUT2D eigenvalue weighted by atomic mass is 16.5. The number of ether oxygens (including phenoxy) is 1. The van der Waals surface area contributed by atoms with Gasteiger partial charge in [-0.3, -0.25) is 19.3 Å². The third kappa shape index (κ3) is 6.06. The summed E-state index contributed by atoms with van der Waals surface area (Å²) < 4.78 is 5.17. The van der Waals surface area contributed by atoms with Crippen molar-refractivity contribution in [3.05, 3.63) is 29.3 Å². The molecule has 1 heterocycles. The van der Waals surface area contributed by atoms with E-state index in [9.17, 15) is 14.4 Å². The SMILES string of the molecule is CCCCOC(=O)CC1C(=O)NCCN1CC(=O)Nc1cccc(C)c1C. The van der Waals surface area contributed by atoms with Gasteiger partial charge in [0, 0.05) is 18.8 Å². The molecular formula is C20H29N3O4. The summed E-state index contributed by atoms with van der Waals surface area (Å²) in [4.78, 5) is 38.5. The van der Waals surface area contributed by atoms with E-state index in [0.29, 0.717) is 19.7 Å². The number of anilines is 1. The van der Waals surface area contributed by atoms with Crippen LogP contribution in [-0.2, 0) is 19.1 Å². The van der Waals surface area contributed by atoms with Gasteiger partial charge in [-0.15, -0.1) is 0 Å². The van der Waals surface area contributed by atoms with Crippen molar-refractivity contribution in [2.75, 3.05) is 31.6 Å². The van der Waals surface area contributed by atoms with Gasteiger partial charge in [-0.2, -0.15) is 0 Å². The topological polar surface area (TPSA) is 87.7 Å². The van der Waals surface area contributed by atoms with E-state index < -0.39 is 12.0 Å². The van der Waals surface area contributed by atoms with Crippen molar-refractivity contribution in [1.82, 2.24) is 10.2 Å². The van der Waals surface area contributed by atoms with E-state index in [2.05, 4.69) is 10.6 Å². The van der Waals surface area contributed by atoms with Crippen LogP contribution in [-0.4, -0.2) is 55.0 Å². The van der Waals surface area contributed by atoms with Gasteiger partial charge in [0.1, 0.15) is 6.04 Å². The fourth-order valence-corrected chi connectivity index (χ4v) is 2.98. The maximum absolute atomic E-state index is 12.5. The number of benzene rings is 1. The zero-order chi connectivity index (χ0) is 19.8. The van der Waals surface area contributed by atoms with Crippen LogP contribution in [0.5, 0.6) is 0 Å². The van der Waals surface area contributed by atoms with Crippen molar-refractivity contribution >= 4 is 23.5 Å². The first kappa shape index (κ1) is 20.9. The third-order valence-electron chi connectivity index (χ3n) is 4.79. The fraction of sp³-hybridized carbons (Fsp3) is 0.550. The van der Waals surface area contributed by atoms with Gasteiger partial charge in [0.15, 0.2) is 0 Å². The Kier molecular flexibility index (Phi) is 7.79. The first-order valence-electron chi connectivity index (χ1n) is 9.45. The lowest BCUT2D eigenvalue weighted by atomic mass is 10.1. The van der Waals surface area contributed by atoms with Gasteiger partial charge in [-0.1, -0.05) is 25.5 Å². The highest BCUT2D eigenvalue weighted by Crippen LogP contribution is 2.18. The van der Waals surface area contributed by atoms with E-state index in [1.54, 1.807) is 4.90 Å². The van der Waals surface area contributed by atoms with Gasteiger partial charge in [0.2, 0.25) is 11.8 Å². The molecule has 0 spiro atoms. The summed E-state index contributed by atoms with van der Waals surface area (Å²) in [6.07, 6.45) is 1.68. The Morgan fingerprint density at radius 3 is 2.85 bits per heavy atom. The number of rotatable bonds is 8. The zero-order valence-electron chi connectivity index (χ0n) is 16.3. The number of piperazine rings is 1. The highest BCUT2D eigenvalue weighted by Gasteiger charge is 2.33. The molecule has 2 N–H and O–H groups in total. The zero-order valence-corrected chi connectivity index (χ0v) is 16.3. The molecule has 2 amide bonds. The number of nitrogens with zero attached hydrogens (tertiary/aromatic N) is 1. The standard InChI is InChI=1S/C20H29N3O4/c1-4-5-11-27-19(25)12-17-20(26)21-9-10-23(17)13-18(24)22-16-8-6-7-14(2)15(16)3/h6-8,17H,4-5,9-13H2,1-3H3,(H,21,26)(H,22,24). The number of esters is 1. The van der Waals surface area contributed by atoms with Gasteiger partial charge in [-0.25, -0.2) is 0 Å². The minimum atomic E-state index is -0.683. The van der Waals surface area contributed by atoms with Gasteiger partial charge >= 0.3 is 5.97 Å². The van der Waals surface area contributed by atoms with Crippen molar-refractivity contribution in [3.8, 4) is 0 Å². The van der Waals surface area contributed by atoms with Crippen LogP contribution < -0.4 is 10.6 Å². The average molecular weight is 375 g/mol. The smallest absolute Gasteiger partial charge is 0.307 e. The molecule has 7 heteroatoms. The highest BCUT2D eigenvalue weighted by molar-refractivity contribution is 5.94. The minimum Gasteiger partial charge on any atom is -0.466 e. The van der Waals surface area contributed by atoms with Gasteiger partial charge < -0.3 is 15.4 Å². The van der Waals surface area contributed by atoms with E-state index in [1.165, 1.54) is 0 Å². The molecular weight excluding hydrogens is 346 g/mol. The lowest BCUT2D eigenvalue weighted by molar-refractivity contribution is -0.149. The van der Waals surface area contributed by atoms with E-state index in [1.807, 2.05) is 39.0 Å². The Morgan fingerprint density at radius 2 is 2.11 bits per heavy atom. The maximum atomic E-state index is 12.5. The Morgan fingerprint density at radius 1 is 1.33 bits per heavy atom. The summed E-state index contributed by atoms with van der Waals surface area (Å²) in [5.74, 6) is -0.860. The molecule has 1 aliphatic rings. The van der Waals surface area contributed by atoms with Crippen LogP contribution in [0, 0.1) is 13.8 Å². The molecule has 1 aliphatic heterocycles. The van der Waals surface area contributed by atoms with Crippen molar-refractivity contribution in [2.24, 2.45) is 0 Å². The largest absolute Gasteiger partial charge is 0.466 e. The van der Waals surface area contributed by atoms with Gasteiger partial charge in [0.25, 0.3) is 0 Å². The van der Waals surface area contributed by atoms with Crippen LogP contribution in [0.25, 0.3) is 0 Å². The molecule has 1 aromatic carbocycles. The number of unbranched alkanes of at least 4 members (excludes halogenated alkanes) is 1. The predicted molar refractivity (Wildman–Crippen MR) is 103 cm³/mol. The third-order valence-corrected chi connectivity index (χ3v) is 4.79. The quantitative estimate of drug-likeness (QED) is 0.534. The van der Waals surface area contributed by atoms with Crippen LogP contribution in [0.3, 0.4) is 0 Å². The molecule has 1 fully saturated rings. The second kappa shape index (κ2) is 10.1. The number of nitrogens with one attached hydrogen (secondary N) is 2. The Hall–Kier alpha value is -2.41. The van der Waals surface area contributed by atoms with Crippen molar-refractivity contribution in [1.29, 1.82) is 0 Å². The van der Waals surface area contributed by atoms with Crippen LogP contribution >= 0.6 is 0 Å².